The molecule has 1 heterocycles. The van der Waals surface area contributed by atoms with Gasteiger partial charge in [-0.25, -0.2) is 0 Å². The number of halogens is 2. The number of aliphatic imine (C=N–C) groups is 1. The van der Waals surface area contributed by atoms with Crippen LogP contribution in [0.4, 0.5) is 8.78 Å². The lowest BCUT2D eigenvalue weighted by molar-refractivity contribution is 0.0434. The zero-order chi connectivity index (χ0) is 7.56. The second kappa shape index (κ2) is 2.94. The first-order chi connectivity index (χ1) is 4.74. The quantitative estimate of drug-likeness (QED) is 0.537. The Morgan fingerprint density at radius 1 is 1.80 bits per heavy atom. The highest BCUT2D eigenvalue weighted by Gasteiger charge is 2.23. The molecule has 1 rings (SSSR count). The lowest BCUT2D eigenvalue weighted by Crippen LogP contribution is -2.23. The summed E-state index contributed by atoms with van der Waals surface area (Å²) in [6, 6.07) is -0.103. The first kappa shape index (κ1) is 7.44. The van der Waals surface area contributed by atoms with Gasteiger partial charge < -0.3 is 0 Å². The number of hydrogen-bond acceptors (Lipinski definition) is 2. The fourth-order valence-corrected chi connectivity index (χ4v) is 0.698. The van der Waals surface area contributed by atoms with Crippen molar-refractivity contribution in [2.45, 2.75) is 25.9 Å². The van der Waals surface area contributed by atoms with E-state index in [0.717, 1.165) is 6.42 Å². The van der Waals surface area contributed by atoms with E-state index in [1.54, 1.807) is 0 Å². The van der Waals surface area contributed by atoms with E-state index in [1.165, 1.54) is 6.54 Å². The van der Waals surface area contributed by atoms with Crippen molar-refractivity contribution in [2.24, 2.45) is 4.99 Å². The molecule has 0 saturated carbocycles. The van der Waals surface area contributed by atoms with Crippen LogP contribution < -0.4 is 0 Å². The Bertz CT molecular complexity index is 136. The van der Waals surface area contributed by atoms with Crippen LogP contribution in [0.3, 0.4) is 0 Å². The van der Waals surface area contributed by atoms with Gasteiger partial charge in [-0.2, -0.15) is 8.78 Å². The number of rotatable bonds is 2. The highest BCUT2D eigenvalue weighted by Crippen LogP contribution is 2.15. The molecular weight excluding hydrogens is 138 g/mol. The smallest absolute Gasteiger partial charge is 0.290 e. The average molecular weight is 146 g/mol. The number of alkyl halides is 2. The van der Waals surface area contributed by atoms with Crippen molar-refractivity contribution in [1.29, 1.82) is 0 Å². The summed E-state index contributed by atoms with van der Waals surface area (Å²) in [4.78, 5) is 4.40. The van der Waals surface area contributed by atoms with Gasteiger partial charge in [-0.05, 0) is 6.42 Å². The summed E-state index contributed by atoms with van der Waals surface area (Å²) in [6.45, 7) is 0.770. The summed E-state index contributed by atoms with van der Waals surface area (Å²) in [5, 5.41) is 0. The van der Waals surface area contributed by atoms with Crippen molar-refractivity contribution in [1.82, 2.24) is 4.90 Å². The van der Waals surface area contributed by atoms with Crippen LogP contribution in [-0.4, -0.2) is 23.8 Å². The van der Waals surface area contributed by atoms with Gasteiger partial charge in [0.25, 0.3) is 0 Å². The van der Waals surface area contributed by atoms with Crippen LogP contribution in [-0.2, 0) is 0 Å². The van der Waals surface area contributed by atoms with Gasteiger partial charge in [-0.15, -0.1) is 0 Å². The molecule has 1 unspecified atom stereocenters. The van der Waals surface area contributed by atoms with Crippen molar-refractivity contribution >= 4 is 6.34 Å². The first-order valence-corrected chi connectivity index (χ1v) is 3.11. The summed E-state index contributed by atoms with van der Waals surface area (Å²) >= 11 is 0. The van der Waals surface area contributed by atoms with Gasteiger partial charge in [0, 0.05) is 0 Å². The molecule has 0 bridgehead atoms. The van der Waals surface area contributed by atoms with Crippen molar-refractivity contribution < 1.29 is 8.78 Å². The topological polar surface area (TPSA) is 15.6 Å². The molecule has 0 N–H and O–H groups in total. The Labute approximate surface area is 58.5 Å². The van der Waals surface area contributed by atoms with Crippen molar-refractivity contribution in [3.8, 4) is 0 Å². The van der Waals surface area contributed by atoms with E-state index in [0.29, 0.717) is 4.90 Å². The van der Waals surface area contributed by atoms with Gasteiger partial charge in [0.1, 0.15) is 0 Å². The molecule has 2 radical (unpaired) electrons. The summed E-state index contributed by atoms with van der Waals surface area (Å²) in [5.41, 5.74) is 0. The lowest BCUT2D eigenvalue weighted by Gasteiger charge is -2.11. The fraction of sp³-hybridized carbons (Fsp3) is 0.667. The Morgan fingerprint density at radius 2 is 2.50 bits per heavy atom. The first-order valence-electron chi connectivity index (χ1n) is 3.11. The SMILES string of the molecule is CCC1[CH]N(C(F)F)[C]=N1. The molecule has 0 aromatic rings. The predicted octanol–water partition coefficient (Wildman–Crippen LogP) is 1.37. The van der Waals surface area contributed by atoms with Gasteiger partial charge in [0.05, 0.1) is 12.6 Å². The summed E-state index contributed by atoms with van der Waals surface area (Å²) in [7, 11) is 0. The molecule has 0 aliphatic carbocycles. The Hall–Kier alpha value is -0.670. The minimum absolute atomic E-state index is 0.103. The maximum atomic E-state index is 11.8. The molecule has 1 atom stereocenters. The number of hydrogen-bond donors (Lipinski definition) is 0. The van der Waals surface area contributed by atoms with Crippen LogP contribution in [0.5, 0.6) is 0 Å². The Kier molecular flexibility index (Phi) is 2.19. The highest BCUT2D eigenvalue weighted by atomic mass is 19.3. The van der Waals surface area contributed by atoms with Crippen molar-refractivity contribution in [3.63, 3.8) is 0 Å². The van der Waals surface area contributed by atoms with E-state index in [2.05, 4.69) is 11.3 Å². The number of nitrogens with zero attached hydrogens (tertiary/aromatic N) is 2. The van der Waals surface area contributed by atoms with Crippen LogP contribution >= 0.6 is 0 Å². The standard InChI is InChI=1S/C6H8F2N2/c1-2-5-3-10(4-9-5)6(7)8/h3,5-6H,2H2,1H3. The second-order valence-electron chi connectivity index (χ2n) is 2.04. The van der Waals surface area contributed by atoms with Gasteiger partial charge in [0.2, 0.25) is 0 Å². The zero-order valence-corrected chi connectivity index (χ0v) is 5.59. The maximum Gasteiger partial charge on any atom is 0.316 e. The summed E-state index contributed by atoms with van der Waals surface area (Å²) < 4.78 is 23.6. The van der Waals surface area contributed by atoms with Gasteiger partial charge in [0.15, 0.2) is 6.34 Å². The lowest BCUT2D eigenvalue weighted by atomic mass is 10.2. The van der Waals surface area contributed by atoms with Crippen LogP contribution in [0.2, 0.25) is 0 Å². The van der Waals surface area contributed by atoms with Crippen LogP contribution in [0.25, 0.3) is 0 Å². The third kappa shape index (κ3) is 1.43. The third-order valence-corrected chi connectivity index (χ3v) is 1.30. The summed E-state index contributed by atoms with van der Waals surface area (Å²) in [5.74, 6) is 0. The molecule has 10 heavy (non-hydrogen) atoms. The van der Waals surface area contributed by atoms with E-state index >= 15 is 0 Å². The molecule has 56 valence electrons. The van der Waals surface area contributed by atoms with Crippen molar-refractivity contribution in [2.75, 3.05) is 0 Å². The van der Waals surface area contributed by atoms with E-state index in [4.69, 9.17) is 0 Å². The molecular formula is C6H8F2N2. The maximum absolute atomic E-state index is 11.8. The zero-order valence-electron chi connectivity index (χ0n) is 5.59. The molecule has 0 amide bonds. The predicted molar refractivity (Wildman–Crippen MR) is 33.7 cm³/mol. The Balaban J connectivity index is 2.37. The largest absolute Gasteiger partial charge is 0.316 e. The molecule has 0 spiro atoms. The third-order valence-electron chi connectivity index (χ3n) is 1.30. The normalized spacial score (nSPS) is 24.8. The van der Waals surface area contributed by atoms with Gasteiger partial charge in [-0.1, -0.05) is 6.92 Å². The minimum Gasteiger partial charge on any atom is -0.290 e. The molecule has 4 heteroatoms. The monoisotopic (exact) mass is 146 g/mol. The van der Waals surface area contributed by atoms with E-state index in [-0.39, 0.29) is 6.04 Å². The van der Waals surface area contributed by atoms with Gasteiger partial charge in [-0.3, -0.25) is 9.89 Å². The Morgan fingerprint density at radius 3 is 2.80 bits per heavy atom. The molecule has 0 saturated heterocycles. The van der Waals surface area contributed by atoms with Crippen molar-refractivity contribution in [3.05, 3.63) is 6.54 Å². The van der Waals surface area contributed by atoms with E-state index < -0.39 is 6.55 Å². The second-order valence-corrected chi connectivity index (χ2v) is 2.04. The molecule has 0 aromatic carbocycles. The minimum atomic E-state index is -2.50. The molecule has 2 nitrogen and oxygen atoms in total. The van der Waals surface area contributed by atoms with E-state index in [9.17, 15) is 8.78 Å². The molecule has 0 aromatic heterocycles. The molecule has 1 aliphatic rings. The fourth-order valence-electron chi connectivity index (χ4n) is 0.698. The summed E-state index contributed by atoms with van der Waals surface area (Å²) in [6.07, 6.45) is 2.96. The van der Waals surface area contributed by atoms with E-state index in [1.807, 2.05) is 6.92 Å². The average Bonchev–Trinajstić information content (AvgIpc) is 2.34. The highest BCUT2D eigenvalue weighted by molar-refractivity contribution is 5.59. The van der Waals surface area contributed by atoms with Crippen LogP contribution in [0, 0.1) is 6.54 Å². The van der Waals surface area contributed by atoms with Crippen LogP contribution in [0.1, 0.15) is 13.3 Å². The molecule has 1 aliphatic heterocycles. The van der Waals surface area contributed by atoms with Crippen LogP contribution in [0.15, 0.2) is 4.99 Å². The molecule has 0 fully saturated rings. The van der Waals surface area contributed by atoms with Gasteiger partial charge >= 0.3 is 6.55 Å².